The first-order valence-corrected chi connectivity index (χ1v) is 7.09. The van der Waals surface area contributed by atoms with E-state index in [1.807, 2.05) is 18.3 Å². The summed E-state index contributed by atoms with van der Waals surface area (Å²) < 4.78 is 1.79. The van der Waals surface area contributed by atoms with Crippen LogP contribution in [0.4, 0.5) is 0 Å². The third-order valence-corrected chi connectivity index (χ3v) is 3.68. The molecule has 0 unspecified atom stereocenters. The van der Waals surface area contributed by atoms with Crippen LogP contribution in [0.5, 0.6) is 0 Å². The lowest BCUT2D eigenvalue weighted by atomic mass is 9.95. The fraction of sp³-hybridized carbons (Fsp3) is 0.400. The minimum Gasteiger partial charge on any atom is -0.348 e. The van der Waals surface area contributed by atoms with E-state index in [2.05, 4.69) is 15.3 Å². The number of carbonyl (C=O) groups is 1. The van der Waals surface area contributed by atoms with Gasteiger partial charge in [-0.2, -0.15) is 0 Å². The smallest absolute Gasteiger partial charge is 0.270 e. The van der Waals surface area contributed by atoms with Crippen molar-refractivity contribution >= 4 is 5.91 Å². The van der Waals surface area contributed by atoms with Crippen LogP contribution in [-0.4, -0.2) is 26.5 Å². The number of amides is 1. The van der Waals surface area contributed by atoms with Crippen LogP contribution < -0.4 is 5.32 Å². The molecule has 0 aliphatic heterocycles. The van der Waals surface area contributed by atoms with Crippen LogP contribution >= 0.6 is 0 Å². The lowest BCUT2D eigenvalue weighted by Crippen LogP contribution is -2.36. The molecule has 1 fully saturated rings. The van der Waals surface area contributed by atoms with Gasteiger partial charge in [0, 0.05) is 18.4 Å². The second-order valence-electron chi connectivity index (χ2n) is 5.16. The first-order chi connectivity index (χ1) is 9.83. The van der Waals surface area contributed by atoms with Crippen LogP contribution in [0.15, 0.2) is 36.9 Å². The molecule has 2 aromatic heterocycles. The maximum atomic E-state index is 12.2. The van der Waals surface area contributed by atoms with Crippen LogP contribution in [-0.2, 0) is 0 Å². The van der Waals surface area contributed by atoms with Gasteiger partial charge in [0.05, 0.1) is 0 Å². The molecule has 20 heavy (non-hydrogen) atoms. The number of nitrogens with zero attached hydrogens (tertiary/aromatic N) is 3. The summed E-state index contributed by atoms with van der Waals surface area (Å²) in [6, 6.07) is 5.76. The van der Waals surface area contributed by atoms with Gasteiger partial charge in [-0.15, -0.1) is 0 Å². The summed E-state index contributed by atoms with van der Waals surface area (Å²) in [4.78, 5) is 20.6. The van der Waals surface area contributed by atoms with E-state index in [1.54, 1.807) is 23.2 Å². The van der Waals surface area contributed by atoms with Crippen molar-refractivity contribution in [3.8, 4) is 5.82 Å². The molecular formula is C15H18N4O. The molecule has 0 spiro atoms. The van der Waals surface area contributed by atoms with E-state index < -0.39 is 0 Å². The van der Waals surface area contributed by atoms with E-state index in [0.29, 0.717) is 17.6 Å². The van der Waals surface area contributed by atoms with E-state index in [0.717, 1.165) is 12.8 Å². The minimum atomic E-state index is -0.0844. The summed E-state index contributed by atoms with van der Waals surface area (Å²) >= 11 is 0. The van der Waals surface area contributed by atoms with Gasteiger partial charge < -0.3 is 5.32 Å². The van der Waals surface area contributed by atoms with Crippen LogP contribution in [0.1, 0.15) is 42.6 Å². The number of aromatic nitrogens is 3. The molecule has 5 nitrogen and oxygen atoms in total. The van der Waals surface area contributed by atoms with Gasteiger partial charge in [-0.3, -0.25) is 9.36 Å². The molecule has 1 N–H and O–H groups in total. The Hall–Kier alpha value is -2.17. The van der Waals surface area contributed by atoms with E-state index in [4.69, 9.17) is 0 Å². The number of rotatable bonds is 3. The number of nitrogens with one attached hydrogen (secondary N) is 1. The molecule has 0 aromatic carbocycles. The first kappa shape index (κ1) is 12.8. The summed E-state index contributed by atoms with van der Waals surface area (Å²) in [5.74, 6) is 0.623. The standard InChI is InChI=1S/C15H18N4O/c20-15(17-12-5-2-1-3-6-12)13-7-4-8-14(18-13)19-10-9-16-11-19/h4,7-12H,1-3,5-6H2,(H,17,20). The van der Waals surface area contributed by atoms with Crippen molar-refractivity contribution in [3.05, 3.63) is 42.6 Å². The second-order valence-corrected chi connectivity index (χ2v) is 5.16. The van der Waals surface area contributed by atoms with Crippen molar-refractivity contribution in [3.63, 3.8) is 0 Å². The van der Waals surface area contributed by atoms with Gasteiger partial charge in [-0.05, 0) is 25.0 Å². The van der Waals surface area contributed by atoms with Gasteiger partial charge in [0.25, 0.3) is 5.91 Å². The molecule has 2 heterocycles. The molecule has 1 saturated carbocycles. The molecule has 5 heteroatoms. The maximum absolute atomic E-state index is 12.2. The highest BCUT2D eigenvalue weighted by Crippen LogP contribution is 2.17. The number of pyridine rings is 1. The molecule has 0 atom stereocenters. The summed E-state index contributed by atoms with van der Waals surface area (Å²) in [6.45, 7) is 0. The quantitative estimate of drug-likeness (QED) is 0.931. The number of hydrogen-bond donors (Lipinski definition) is 1. The highest BCUT2D eigenvalue weighted by molar-refractivity contribution is 5.92. The molecule has 104 valence electrons. The molecule has 0 saturated heterocycles. The van der Waals surface area contributed by atoms with Crippen LogP contribution in [0.3, 0.4) is 0 Å². The Morgan fingerprint density at radius 3 is 2.85 bits per heavy atom. The van der Waals surface area contributed by atoms with Crippen LogP contribution in [0.25, 0.3) is 5.82 Å². The topological polar surface area (TPSA) is 59.8 Å². The zero-order valence-electron chi connectivity index (χ0n) is 11.3. The summed E-state index contributed by atoms with van der Waals surface area (Å²) in [5.41, 5.74) is 0.460. The Bertz CT molecular complexity index is 573. The van der Waals surface area contributed by atoms with Gasteiger partial charge in [-0.1, -0.05) is 25.3 Å². The van der Waals surface area contributed by atoms with Gasteiger partial charge in [0.1, 0.15) is 17.8 Å². The highest BCUT2D eigenvalue weighted by Gasteiger charge is 2.17. The molecule has 3 rings (SSSR count). The second kappa shape index (κ2) is 5.86. The van der Waals surface area contributed by atoms with Crippen molar-refractivity contribution in [1.29, 1.82) is 0 Å². The van der Waals surface area contributed by atoms with Crippen molar-refractivity contribution in [2.45, 2.75) is 38.1 Å². The third kappa shape index (κ3) is 2.87. The number of carbonyl (C=O) groups excluding carboxylic acids is 1. The Kier molecular flexibility index (Phi) is 3.76. The van der Waals surface area contributed by atoms with Crippen molar-refractivity contribution < 1.29 is 4.79 Å². The first-order valence-electron chi connectivity index (χ1n) is 7.09. The molecular weight excluding hydrogens is 252 g/mol. The van der Waals surface area contributed by atoms with Gasteiger partial charge in [-0.25, -0.2) is 9.97 Å². The molecule has 1 aliphatic rings. The lowest BCUT2D eigenvalue weighted by Gasteiger charge is -2.22. The SMILES string of the molecule is O=C(NC1CCCCC1)c1cccc(-n2ccnc2)n1. The van der Waals surface area contributed by atoms with Gasteiger partial charge in [0.15, 0.2) is 0 Å². The van der Waals surface area contributed by atoms with E-state index in [9.17, 15) is 4.79 Å². The van der Waals surface area contributed by atoms with Crippen LogP contribution in [0.2, 0.25) is 0 Å². The van der Waals surface area contributed by atoms with E-state index >= 15 is 0 Å². The summed E-state index contributed by atoms with van der Waals surface area (Å²) in [7, 11) is 0. The fourth-order valence-corrected chi connectivity index (χ4v) is 2.59. The van der Waals surface area contributed by atoms with Crippen molar-refractivity contribution in [2.24, 2.45) is 0 Å². The Morgan fingerprint density at radius 2 is 2.10 bits per heavy atom. The maximum Gasteiger partial charge on any atom is 0.270 e. The third-order valence-electron chi connectivity index (χ3n) is 3.68. The zero-order chi connectivity index (χ0) is 13.8. The average molecular weight is 270 g/mol. The average Bonchev–Trinajstić information content (AvgIpc) is 3.03. The molecule has 0 radical (unpaired) electrons. The molecule has 2 aromatic rings. The van der Waals surface area contributed by atoms with Crippen molar-refractivity contribution in [1.82, 2.24) is 19.9 Å². The predicted octanol–water partition coefficient (Wildman–Crippen LogP) is 2.33. The Labute approximate surface area is 118 Å². The van der Waals surface area contributed by atoms with E-state index in [1.165, 1.54) is 19.3 Å². The fourth-order valence-electron chi connectivity index (χ4n) is 2.59. The summed E-state index contributed by atoms with van der Waals surface area (Å²) in [6.07, 6.45) is 11.0. The molecule has 0 bridgehead atoms. The predicted molar refractivity (Wildman–Crippen MR) is 75.7 cm³/mol. The molecule has 1 amide bonds. The number of imidazole rings is 1. The highest BCUT2D eigenvalue weighted by atomic mass is 16.1. The normalized spacial score (nSPS) is 16.0. The van der Waals surface area contributed by atoms with E-state index in [-0.39, 0.29) is 5.91 Å². The number of hydrogen-bond acceptors (Lipinski definition) is 3. The monoisotopic (exact) mass is 270 g/mol. The Balaban J connectivity index is 1.73. The van der Waals surface area contributed by atoms with Crippen molar-refractivity contribution in [2.75, 3.05) is 0 Å². The van der Waals surface area contributed by atoms with Gasteiger partial charge in [0.2, 0.25) is 0 Å². The van der Waals surface area contributed by atoms with Crippen LogP contribution in [0, 0.1) is 0 Å². The van der Waals surface area contributed by atoms with Gasteiger partial charge >= 0.3 is 0 Å². The largest absolute Gasteiger partial charge is 0.348 e. The Morgan fingerprint density at radius 1 is 1.25 bits per heavy atom. The lowest BCUT2D eigenvalue weighted by molar-refractivity contribution is 0.0922. The minimum absolute atomic E-state index is 0.0844. The zero-order valence-corrected chi connectivity index (χ0v) is 11.3. The summed E-state index contributed by atoms with van der Waals surface area (Å²) in [5, 5.41) is 3.08. The molecule has 1 aliphatic carbocycles.